The number of benzene rings is 1. The zero-order valence-electron chi connectivity index (χ0n) is 11.9. The van der Waals surface area contributed by atoms with Gasteiger partial charge in [-0.3, -0.25) is 9.19 Å². The van der Waals surface area contributed by atoms with Crippen molar-refractivity contribution in [1.82, 2.24) is 4.98 Å². The van der Waals surface area contributed by atoms with Gasteiger partial charge in [-0.25, -0.2) is 9.18 Å². The molecule has 5 nitrogen and oxygen atoms in total. The highest BCUT2D eigenvalue weighted by molar-refractivity contribution is 7.84. The van der Waals surface area contributed by atoms with E-state index in [1.807, 2.05) is 0 Å². The zero-order valence-corrected chi connectivity index (χ0v) is 12.7. The average molecular weight is 314 g/mol. The van der Waals surface area contributed by atoms with E-state index in [4.69, 9.17) is 4.42 Å². The molecule has 0 aliphatic heterocycles. The molecule has 0 aliphatic carbocycles. The number of unbranched alkanes of at least 4 members (excludes halogenated alkanes) is 1. The lowest BCUT2D eigenvalue weighted by Crippen LogP contribution is -2.09. The maximum absolute atomic E-state index is 13.8. The smallest absolute Gasteiger partial charge is 0.408 e. The molecule has 0 radical (unpaired) electrons. The topological polar surface area (TPSA) is 75.1 Å². The van der Waals surface area contributed by atoms with Crippen molar-refractivity contribution in [2.45, 2.75) is 26.2 Å². The average Bonchev–Trinajstić information content (AvgIpc) is 2.80. The molecule has 2 rings (SSSR count). The highest BCUT2D eigenvalue weighted by atomic mass is 32.2. The summed E-state index contributed by atoms with van der Waals surface area (Å²) in [5, 5.41) is 2.94. The fraction of sp³-hybridized carbons (Fsp3) is 0.500. The minimum absolute atomic E-state index is 0.282. The van der Waals surface area contributed by atoms with Crippen molar-refractivity contribution in [2.75, 3.05) is 23.4 Å². The van der Waals surface area contributed by atoms with E-state index in [-0.39, 0.29) is 5.69 Å². The molecule has 0 aliphatic rings. The number of halogens is 1. The Morgan fingerprint density at radius 2 is 2.10 bits per heavy atom. The Hall–Kier alpha value is -1.63. The first-order valence-electron chi connectivity index (χ1n) is 7.01. The molecule has 1 aromatic heterocycles. The lowest BCUT2D eigenvalue weighted by molar-refractivity contribution is 0.555. The fourth-order valence-electron chi connectivity index (χ4n) is 1.97. The second-order valence-electron chi connectivity index (χ2n) is 4.82. The van der Waals surface area contributed by atoms with Crippen LogP contribution in [-0.2, 0) is 10.8 Å². The first-order valence-corrected chi connectivity index (χ1v) is 8.50. The minimum atomic E-state index is -0.801. The molecule has 116 valence electrons. The quantitative estimate of drug-likeness (QED) is 0.734. The van der Waals surface area contributed by atoms with Crippen LogP contribution in [0.3, 0.4) is 0 Å². The van der Waals surface area contributed by atoms with E-state index < -0.39 is 22.4 Å². The second-order valence-corrected chi connectivity index (χ2v) is 6.52. The molecule has 1 heterocycles. The van der Waals surface area contributed by atoms with E-state index in [2.05, 4.69) is 17.2 Å². The van der Waals surface area contributed by atoms with Crippen LogP contribution in [0.4, 0.5) is 10.1 Å². The third-order valence-corrected chi connectivity index (χ3v) is 4.59. The highest BCUT2D eigenvalue weighted by Gasteiger charge is 2.08. The largest absolute Gasteiger partial charge is 0.417 e. The molecule has 1 atom stereocenters. The van der Waals surface area contributed by atoms with Crippen LogP contribution in [0.15, 0.2) is 21.3 Å². The monoisotopic (exact) mass is 314 g/mol. The van der Waals surface area contributed by atoms with Gasteiger partial charge in [-0.1, -0.05) is 13.3 Å². The molecule has 1 aromatic carbocycles. The third kappa shape index (κ3) is 4.42. The van der Waals surface area contributed by atoms with Gasteiger partial charge in [0.25, 0.3) is 0 Å². The molecule has 2 N–H and O–H groups in total. The molecular formula is C14H19FN2O3S. The summed E-state index contributed by atoms with van der Waals surface area (Å²) in [5.41, 5.74) is 0.934. The Labute approximate surface area is 124 Å². The molecule has 0 saturated heterocycles. The molecule has 7 heteroatoms. The van der Waals surface area contributed by atoms with Crippen molar-refractivity contribution >= 4 is 27.6 Å². The number of aromatic nitrogens is 1. The lowest BCUT2D eigenvalue weighted by Gasteiger charge is -2.07. The van der Waals surface area contributed by atoms with Crippen LogP contribution in [0.25, 0.3) is 11.1 Å². The summed E-state index contributed by atoms with van der Waals surface area (Å²) < 4.78 is 30.3. The van der Waals surface area contributed by atoms with Crippen molar-refractivity contribution < 1.29 is 13.0 Å². The number of nitrogens with one attached hydrogen (secondary N) is 2. The van der Waals surface area contributed by atoms with Crippen LogP contribution in [0.2, 0.25) is 0 Å². The van der Waals surface area contributed by atoms with E-state index >= 15 is 0 Å². The maximum atomic E-state index is 13.8. The maximum Gasteiger partial charge on any atom is 0.417 e. The Morgan fingerprint density at radius 3 is 2.86 bits per heavy atom. The van der Waals surface area contributed by atoms with Gasteiger partial charge in [0.15, 0.2) is 5.58 Å². The van der Waals surface area contributed by atoms with Gasteiger partial charge in [-0.2, -0.15) is 0 Å². The predicted octanol–water partition coefficient (Wildman–Crippen LogP) is 2.61. The number of rotatable bonds is 8. The third-order valence-electron chi connectivity index (χ3n) is 3.10. The predicted molar refractivity (Wildman–Crippen MR) is 82.7 cm³/mol. The summed E-state index contributed by atoms with van der Waals surface area (Å²) >= 11 is 0. The SMILES string of the molecule is CCCCS(=O)CCCNc1cc2oc(=O)[nH]c2cc1F. The number of H-pyrrole nitrogens is 1. The lowest BCUT2D eigenvalue weighted by atomic mass is 10.2. The molecular weight excluding hydrogens is 295 g/mol. The first-order chi connectivity index (χ1) is 10.1. The van der Waals surface area contributed by atoms with Crippen LogP contribution in [0.5, 0.6) is 0 Å². The van der Waals surface area contributed by atoms with Crippen LogP contribution in [0, 0.1) is 5.82 Å². The van der Waals surface area contributed by atoms with Gasteiger partial charge < -0.3 is 9.73 Å². The summed E-state index contributed by atoms with van der Waals surface area (Å²) in [6.07, 6.45) is 2.71. The van der Waals surface area contributed by atoms with Crippen molar-refractivity contribution in [2.24, 2.45) is 0 Å². The van der Waals surface area contributed by atoms with Gasteiger partial charge in [0, 0.05) is 41.0 Å². The molecule has 2 aromatic rings. The Morgan fingerprint density at radius 1 is 1.33 bits per heavy atom. The van der Waals surface area contributed by atoms with Crippen molar-refractivity contribution in [3.8, 4) is 0 Å². The number of oxazole rings is 1. The minimum Gasteiger partial charge on any atom is -0.408 e. The Bertz CT molecular complexity index is 680. The van der Waals surface area contributed by atoms with Crippen molar-refractivity contribution in [3.63, 3.8) is 0 Å². The Kier molecular flexibility index (Phi) is 5.55. The highest BCUT2D eigenvalue weighted by Crippen LogP contribution is 2.20. The molecule has 0 saturated carbocycles. The van der Waals surface area contributed by atoms with Crippen LogP contribution >= 0.6 is 0 Å². The normalized spacial score (nSPS) is 12.7. The number of fused-ring (bicyclic) bond motifs is 1. The van der Waals surface area contributed by atoms with Gasteiger partial charge in [0.1, 0.15) is 5.82 Å². The number of anilines is 1. The second kappa shape index (κ2) is 7.40. The van der Waals surface area contributed by atoms with Gasteiger partial charge in [0.05, 0.1) is 11.2 Å². The van der Waals surface area contributed by atoms with Crippen LogP contribution in [0.1, 0.15) is 26.2 Å². The first kappa shape index (κ1) is 15.8. The standard InChI is InChI=1S/C14H19FN2O3S/c1-2-3-6-21(19)7-4-5-16-11-9-13-12(8-10(11)15)17-14(18)20-13/h8-9,16H,2-7H2,1H3,(H,17,18). The van der Waals surface area contributed by atoms with Gasteiger partial charge >= 0.3 is 5.76 Å². The van der Waals surface area contributed by atoms with Crippen molar-refractivity contribution in [1.29, 1.82) is 0 Å². The molecule has 0 amide bonds. The van der Waals surface area contributed by atoms with Gasteiger partial charge in [0.2, 0.25) is 0 Å². The summed E-state index contributed by atoms with van der Waals surface area (Å²) in [6.45, 7) is 2.59. The van der Waals surface area contributed by atoms with Crippen LogP contribution in [-0.4, -0.2) is 27.2 Å². The fourth-order valence-corrected chi connectivity index (χ4v) is 3.25. The molecule has 0 spiro atoms. The van der Waals surface area contributed by atoms with E-state index in [1.165, 1.54) is 12.1 Å². The molecule has 0 bridgehead atoms. The van der Waals surface area contributed by atoms with Gasteiger partial charge in [-0.15, -0.1) is 0 Å². The molecule has 1 unspecified atom stereocenters. The summed E-state index contributed by atoms with van der Waals surface area (Å²) in [6, 6.07) is 2.68. The zero-order chi connectivity index (χ0) is 15.2. The summed E-state index contributed by atoms with van der Waals surface area (Å²) in [7, 11) is -0.801. The summed E-state index contributed by atoms with van der Waals surface area (Å²) in [4.78, 5) is 13.4. The summed E-state index contributed by atoms with van der Waals surface area (Å²) in [5.74, 6) is 0.279. The van der Waals surface area contributed by atoms with Gasteiger partial charge in [-0.05, 0) is 12.8 Å². The number of hydrogen-bond donors (Lipinski definition) is 2. The Balaban J connectivity index is 1.87. The molecule has 0 fully saturated rings. The molecule has 21 heavy (non-hydrogen) atoms. The van der Waals surface area contributed by atoms with E-state index in [0.717, 1.165) is 18.6 Å². The van der Waals surface area contributed by atoms with E-state index in [9.17, 15) is 13.4 Å². The number of aromatic amines is 1. The number of hydrogen-bond acceptors (Lipinski definition) is 4. The van der Waals surface area contributed by atoms with Crippen LogP contribution < -0.4 is 11.1 Å². The van der Waals surface area contributed by atoms with E-state index in [1.54, 1.807) is 0 Å². The van der Waals surface area contributed by atoms with Crippen molar-refractivity contribution in [3.05, 3.63) is 28.5 Å². The van der Waals surface area contributed by atoms with E-state index in [0.29, 0.717) is 29.8 Å².